The zero-order valence-electron chi connectivity index (χ0n) is 6.73. The Labute approximate surface area is 75.9 Å². The van der Waals surface area contributed by atoms with Gasteiger partial charge in [-0.15, -0.1) is 0 Å². The van der Waals surface area contributed by atoms with E-state index in [0.717, 1.165) is 12.0 Å². The molecule has 2 rings (SSSR count). The van der Waals surface area contributed by atoms with Crippen LogP contribution in [-0.4, -0.2) is 19.6 Å². The molecule has 0 saturated heterocycles. The van der Waals surface area contributed by atoms with Gasteiger partial charge in [0.25, 0.3) is 10.1 Å². The van der Waals surface area contributed by atoms with Gasteiger partial charge in [-0.05, 0) is 11.6 Å². The zero-order chi connectivity index (χ0) is 9.47. The van der Waals surface area contributed by atoms with E-state index in [0.29, 0.717) is 12.4 Å². The van der Waals surface area contributed by atoms with Crippen LogP contribution < -0.4 is 4.74 Å². The van der Waals surface area contributed by atoms with E-state index in [-0.39, 0.29) is 4.90 Å². The molecule has 0 amide bonds. The predicted octanol–water partition coefficient (Wildman–Crippen LogP) is 0.868. The van der Waals surface area contributed by atoms with E-state index >= 15 is 0 Å². The van der Waals surface area contributed by atoms with Crippen molar-refractivity contribution in [1.82, 2.24) is 0 Å². The summed E-state index contributed by atoms with van der Waals surface area (Å²) in [5.74, 6) is 0.551. The second-order valence-corrected chi connectivity index (χ2v) is 4.26. The number of hydrogen-bond acceptors (Lipinski definition) is 3. The maximum atomic E-state index is 10.7. The SMILES string of the molecule is O=S(=O)(O)c1ccc2c(c1)OCC2. The molecule has 13 heavy (non-hydrogen) atoms. The highest BCUT2D eigenvalue weighted by molar-refractivity contribution is 7.85. The summed E-state index contributed by atoms with van der Waals surface area (Å²) in [6.45, 7) is 0.574. The molecule has 0 bridgehead atoms. The average molecular weight is 200 g/mol. The minimum atomic E-state index is -4.10. The molecule has 1 N–H and O–H groups in total. The lowest BCUT2D eigenvalue weighted by Crippen LogP contribution is -1.97. The largest absolute Gasteiger partial charge is 0.493 e. The van der Waals surface area contributed by atoms with Crippen LogP contribution in [0, 0.1) is 0 Å². The highest BCUT2D eigenvalue weighted by Gasteiger charge is 2.16. The van der Waals surface area contributed by atoms with Gasteiger partial charge in [0.2, 0.25) is 0 Å². The molecule has 1 aromatic rings. The van der Waals surface area contributed by atoms with Crippen LogP contribution in [0.15, 0.2) is 23.1 Å². The summed E-state index contributed by atoms with van der Waals surface area (Å²) in [6.07, 6.45) is 0.793. The first-order chi connectivity index (χ1) is 6.07. The van der Waals surface area contributed by atoms with Crippen molar-refractivity contribution in [1.29, 1.82) is 0 Å². The van der Waals surface area contributed by atoms with Crippen molar-refractivity contribution in [2.45, 2.75) is 11.3 Å². The Hall–Kier alpha value is -1.07. The quantitative estimate of drug-likeness (QED) is 0.683. The molecule has 1 aliphatic rings. The fraction of sp³-hybridized carbons (Fsp3) is 0.250. The Balaban J connectivity index is 2.54. The molecule has 1 heterocycles. The van der Waals surface area contributed by atoms with Gasteiger partial charge in [0.05, 0.1) is 11.5 Å². The molecule has 0 aromatic heterocycles. The van der Waals surface area contributed by atoms with Crippen LogP contribution in [0.5, 0.6) is 5.75 Å². The Kier molecular flexibility index (Phi) is 1.78. The van der Waals surface area contributed by atoms with Gasteiger partial charge in [-0.25, -0.2) is 0 Å². The van der Waals surface area contributed by atoms with Gasteiger partial charge in [-0.3, -0.25) is 4.55 Å². The van der Waals surface area contributed by atoms with Crippen LogP contribution in [0.2, 0.25) is 0 Å². The monoisotopic (exact) mass is 200 g/mol. The molecule has 0 saturated carbocycles. The van der Waals surface area contributed by atoms with E-state index in [1.54, 1.807) is 6.07 Å². The summed E-state index contributed by atoms with van der Waals surface area (Å²) >= 11 is 0. The Morgan fingerprint density at radius 3 is 2.85 bits per heavy atom. The van der Waals surface area contributed by atoms with Crippen molar-refractivity contribution in [3.63, 3.8) is 0 Å². The van der Waals surface area contributed by atoms with Gasteiger partial charge in [0.15, 0.2) is 0 Å². The van der Waals surface area contributed by atoms with Crippen molar-refractivity contribution in [3.8, 4) is 5.75 Å². The Morgan fingerprint density at radius 1 is 1.38 bits per heavy atom. The van der Waals surface area contributed by atoms with Crippen molar-refractivity contribution < 1.29 is 17.7 Å². The summed E-state index contributed by atoms with van der Waals surface area (Å²) < 4.78 is 35.4. The van der Waals surface area contributed by atoms with E-state index in [9.17, 15) is 8.42 Å². The predicted molar refractivity (Wildman–Crippen MR) is 45.5 cm³/mol. The molecule has 0 unspecified atom stereocenters. The summed E-state index contributed by atoms with van der Waals surface area (Å²) in [5, 5.41) is 0. The molecule has 1 aliphatic heterocycles. The van der Waals surface area contributed by atoms with E-state index < -0.39 is 10.1 Å². The molecule has 4 nitrogen and oxygen atoms in total. The van der Waals surface area contributed by atoms with Crippen LogP contribution in [0.3, 0.4) is 0 Å². The van der Waals surface area contributed by atoms with E-state index in [4.69, 9.17) is 9.29 Å². The van der Waals surface area contributed by atoms with E-state index in [1.165, 1.54) is 12.1 Å². The average Bonchev–Trinajstić information content (AvgIpc) is 2.47. The summed E-state index contributed by atoms with van der Waals surface area (Å²) in [7, 11) is -4.10. The van der Waals surface area contributed by atoms with Gasteiger partial charge in [0, 0.05) is 12.5 Å². The highest BCUT2D eigenvalue weighted by atomic mass is 32.2. The molecule has 0 aliphatic carbocycles. The smallest absolute Gasteiger partial charge is 0.294 e. The lowest BCUT2D eigenvalue weighted by Gasteiger charge is -2.00. The second-order valence-electron chi connectivity index (χ2n) is 2.84. The third kappa shape index (κ3) is 1.52. The van der Waals surface area contributed by atoms with Gasteiger partial charge < -0.3 is 4.74 Å². The number of ether oxygens (including phenoxy) is 1. The Bertz CT molecular complexity index is 435. The number of rotatable bonds is 1. The summed E-state index contributed by atoms with van der Waals surface area (Å²) in [4.78, 5) is -0.117. The fourth-order valence-corrected chi connectivity index (χ4v) is 1.80. The number of hydrogen-bond donors (Lipinski definition) is 1. The minimum Gasteiger partial charge on any atom is -0.493 e. The molecule has 0 fully saturated rings. The standard InChI is InChI=1S/C8H8O4S/c9-13(10,11)7-2-1-6-3-4-12-8(6)5-7/h1-2,5H,3-4H2,(H,9,10,11). The lowest BCUT2D eigenvalue weighted by molar-refractivity contribution is 0.356. The van der Waals surface area contributed by atoms with Crippen molar-refractivity contribution in [2.75, 3.05) is 6.61 Å². The Morgan fingerprint density at radius 2 is 2.15 bits per heavy atom. The van der Waals surface area contributed by atoms with Crippen molar-refractivity contribution >= 4 is 10.1 Å². The third-order valence-corrected chi connectivity index (χ3v) is 2.82. The van der Waals surface area contributed by atoms with Gasteiger partial charge in [-0.1, -0.05) is 6.07 Å². The molecular formula is C8H8O4S. The summed E-state index contributed by atoms with van der Waals surface area (Å²) in [5.41, 5.74) is 0.979. The first kappa shape index (κ1) is 8.52. The zero-order valence-corrected chi connectivity index (χ0v) is 7.54. The number of fused-ring (bicyclic) bond motifs is 1. The van der Waals surface area contributed by atoms with Crippen molar-refractivity contribution in [3.05, 3.63) is 23.8 Å². The van der Waals surface area contributed by atoms with Crippen LogP contribution in [0.4, 0.5) is 0 Å². The van der Waals surface area contributed by atoms with Crippen molar-refractivity contribution in [2.24, 2.45) is 0 Å². The molecule has 0 spiro atoms. The summed E-state index contributed by atoms with van der Waals surface area (Å²) in [6, 6.07) is 4.38. The molecular weight excluding hydrogens is 192 g/mol. The number of benzene rings is 1. The molecule has 70 valence electrons. The molecule has 5 heteroatoms. The molecule has 0 radical (unpaired) electrons. The second kappa shape index (κ2) is 2.71. The van der Waals surface area contributed by atoms with Crippen LogP contribution in [-0.2, 0) is 16.5 Å². The van der Waals surface area contributed by atoms with Crippen LogP contribution >= 0.6 is 0 Å². The first-order valence-corrected chi connectivity index (χ1v) is 5.24. The maximum Gasteiger partial charge on any atom is 0.294 e. The first-order valence-electron chi connectivity index (χ1n) is 3.80. The van der Waals surface area contributed by atoms with E-state index in [2.05, 4.69) is 0 Å². The van der Waals surface area contributed by atoms with Gasteiger partial charge >= 0.3 is 0 Å². The van der Waals surface area contributed by atoms with Crippen LogP contribution in [0.25, 0.3) is 0 Å². The van der Waals surface area contributed by atoms with Gasteiger partial charge in [0.1, 0.15) is 5.75 Å². The molecule has 1 aromatic carbocycles. The van der Waals surface area contributed by atoms with E-state index in [1.807, 2.05) is 0 Å². The lowest BCUT2D eigenvalue weighted by atomic mass is 10.2. The fourth-order valence-electron chi connectivity index (χ4n) is 1.31. The van der Waals surface area contributed by atoms with Crippen LogP contribution in [0.1, 0.15) is 5.56 Å². The normalized spacial score (nSPS) is 15.2. The maximum absolute atomic E-state index is 10.7. The minimum absolute atomic E-state index is 0.117. The highest BCUT2D eigenvalue weighted by Crippen LogP contribution is 2.27. The van der Waals surface area contributed by atoms with Gasteiger partial charge in [-0.2, -0.15) is 8.42 Å². The topological polar surface area (TPSA) is 63.6 Å². The molecule has 0 atom stereocenters. The third-order valence-electron chi connectivity index (χ3n) is 1.97.